The second-order valence-corrected chi connectivity index (χ2v) is 23.9. The van der Waals surface area contributed by atoms with Gasteiger partial charge >= 0.3 is 11.9 Å². The highest BCUT2D eigenvalue weighted by atomic mass is 79.9. The van der Waals surface area contributed by atoms with Crippen LogP contribution in [0.15, 0.2) is 64.4 Å². The fourth-order valence-electron chi connectivity index (χ4n) is 13.0. The van der Waals surface area contributed by atoms with Gasteiger partial charge in [0.05, 0.1) is 41.2 Å². The molecule has 0 aromatic heterocycles. The van der Waals surface area contributed by atoms with Crippen LogP contribution in [-0.2, 0) is 39.5 Å². The smallest absolute Gasteiger partial charge is 0.312 e. The van der Waals surface area contributed by atoms with E-state index in [1.807, 2.05) is 28.0 Å². The van der Waals surface area contributed by atoms with E-state index in [0.29, 0.717) is 73.6 Å². The van der Waals surface area contributed by atoms with Gasteiger partial charge in [-0.1, -0.05) is 104 Å². The van der Waals surface area contributed by atoms with Crippen molar-refractivity contribution < 1.29 is 28.7 Å². The number of amides is 2. The summed E-state index contributed by atoms with van der Waals surface area (Å²) in [5.74, 6) is 1.76. The fraction of sp³-hybridized carbons (Fsp3) is 0.608. The second kappa shape index (κ2) is 15.0. The van der Waals surface area contributed by atoms with Crippen LogP contribution in [0.3, 0.4) is 0 Å². The minimum Gasteiger partial charge on any atom is -0.469 e. The molecule has 0 N–H and O–H groups in total. The number of ether oxygens (including phenoxy) is 2. The van der Waals surface area contributed by atoms with E-state index in [0.717, 1.165) is 20.6 Å². The summed E-state index contributed by atoms with van der Waals surface area (Å²) < 4.78 is 10.8. The number of carbonyl (C=O) groups excluding carboxylic acids is 4. The number of benzene rings is 2. The largest absolute Gasteiger partial charge is 0.469 e. The maximum absolute atomic E-state index is 13.5. The van der Waals surface area contributed by atoms with Crippen molar-refractivity contribution >= 4 is 62.9 Å². The van der Waals surface area contributed by atoms with Crippen LogP contribution >= 0.6 is 39.1 Å². The van der Waals surface area contributed by atoms with Crippen molar-refractivity contribution in [3.05, 3.63) is 91.2 Å². The van der Waals surface area contributed by atoms with Crippen LogP contribution in [0, 0.1) is 34.0 Å². The van der Waals surface area contributed by atoms with Gasteiger partial charge in [0.1, 0.15) is 0 Å². The Morgan fingerprint density at radius 1 is 0.710 bits per heavy atom. The van der Waals surface area contributed by atoms with Gasteiger partial charge in [0.25, 0.3) is 0 Å². The fourth-order valence-corrected chi connectivity index (χ4v) is 13.7. The number of allylic oxidation sites excluding steroid dienone is 2. The normalized spacial score (nSPS) is 35.4. The first-order chi connectivity index (χ1) is 28.8. The molecule has 7 fully saturated rings. The molecule has 62 heavy (non-hydrogen) atoms. The van der Waals surface area contributed by atoms with E-state index in [-0.39, 0.29) is 62.9 Å². The number of hydrogen-bond donors (Lipinski definition) is 0. The first-order valence-electron chi connectivity index (χ1n) is 22.3. The molecule has 0 radical (unpaired) electrons. The highest BCUT2D eigenvalue weighted by Gasteiger charge is 2.76. The van der Waals surface area contributed by atoms with Gasteiger partial charge in [-0.2, -0.15) is 0 Å². The van der Waals surface area contributed by atoms with Gasteiger partial charge in [-0.25, -0.2) is 0 Å². The molecule has 2 aromatic rings. The molecule has 9 aliphatic rings. The molecular formula is C51H63BrCl2N2O6. The third-order valence-electron chi connectivity index (χ3n) is 16.4. The Morgan fingerprint density at radius 2 is 1.11 bits per heavy atom. The van der Waals surface area contributed by atoms with Crippen molar-refractivity contribution in [1.82, 2.24) is 9.80 Å². The average molecular weight is 951 g/mol. The summed E-state index contributed by atoms with van der Waals surface area (Å²) in [6.45, 7) is 20.0. The maximum atomic E-state index is 13.5. The molecule has 11 heteroatoms. The zero-order valence-corrected chi connectivity index (χ0v) is 41.4. The van der Waals surface area contributed by atoms with Gasteiger partial charge in [0, 0.05) is 45.6 Å². The van der Waals surface area contributed by atoms with E-state index < -0.39 is 5.41 Å². The number of esters is 2. The van der Waals surface area contributed by atoms with Crippen LogP contribution in [0.5, 0.6) is 0 Å². The Hall–Kier alpha value is -3.14. The minimum absolute atomic E-state index is 0.115. The van der Waals surface area contributed by atoms with Crippen molar-refractivity contribution in [2.75, 3.05) is 14.2 Å². The van der Waals surface area contributed by atoms with Crippen molar-refractivity contribution in [2.45, 2.75) is 148 Å². The molecule has 7 aliphatic carbocycles. The quantitative estimate of drug-likeness (QED) is 0.233. The van der Waals surface area contributed by atoms with Crippen LogP contribution in [0.2, 0.25) is 10.0 Å². The Bertz CT molecular complexity index is 2290. The molecule has 11 rings (SSSR count). The summed E-state index contributed by atoms with van der Waals surface area (Å²) in [5, 5.41) is 1.48. The zero-order chi connectivity index (χ0) is 45.3. The van der Waals surface area contributed by atoms with Gasteiger partial charge in [0.15, 0.2) is 0 Å². The molecule has 2 aromatic carbocycles. The first kappa shape index (κ1) is 45.4. The number of nitrogens with zero attached hydrogens (tertiary/aromatic N) is 2. The molecule has 334 valence electrons. The summed E-state index contributed by atoms with van der Waals surface area (Å²) in [4.78, 5) is 54.8. The van der Waals surface area contributed by atoms with Crippen LogP contribution in [0.4, 0.5) is 0 Å². The van der Waals surface area contributed by atoms with Crippen molar-refractivity contribution in [1.29, 1.82) is 0 Å². The highest BCUT2D eigenvalue weighted by molar-refractivity contribution is 9.10. The van der Waals surface area contributed by atoms with Crippen LogP contribution in [0.1, 0.15) is 143 Å². The first-order valence-corrected chi connectivity index (χ1v) is 23.9. The molecule has 2 amide bonds. The van der Waals surface area contributed by atoms with E-state index in [1.165, 1.54) is 37.4 Å². The Kier molecular flexibility index (Phi) is 11.0. The highest BCUT2D eigenvalue weighted by Crippen LogP contribution is 2.72. The van der Waals surface area contributed by atoms with Gasteiger partial charge in [-0.3, -0.25) is 19.2 Å². The lowest BCUT2D eigenvalue weighted by atomic mass is 9.38. The standard InChI is InChI=1S/C29H38ClNO3.C22H25BrClNO3/c1-17(2)22-13-31(29-14-28(15-29,16-29)25(33)34-7)24(32)12-27(22,6)18-8-9-19(23(30)10-18)20-11-21(20)26(3,4)5;1-13(2)15-9-25(22-10-21(11-22,12-22)19(27)28-4)18(26)8-20(15,3)14-5-6-16(23)17(24)7-14/h8-10,13,17,20-21H,11-12,14-16H2,1-7H3;5-7,9,13H,8,10-12H2,1-4H3/t20-,21+,27-,28?,29?;20-,21?,22?/m00/s1. The third-order valence-corrected chi connectivity index (χ3v) is 17.9. The van der Waals surface area contributed by atoms with E-state index in [4.69, 9.17) is 32.7 Å². The second-order valence-electron chi connectivity index (χ2n) is 22.3. The van der Waals surface area contributed by atoms with E-state index in [2.05, 4.69) is 109 Å². The Morgan fingerprint density at radius 3 is 1.45 bits per heavy atom. The summed E-state index contributed by atoms with van der Waals surface area (Å²) in [6, 6.07) is 12.5. The molecular weight excluding hydrogens is 887 g/mol. The van der Waals surface area contributed by atoms with Gasteiger partial charge in [-0.05, 0) is 136 Å². The van der Waals surface area contributed by atoms with Gasteiger partial charge in [-0.15, -0.1) is 0 Å². The molecule has 0 saturated heterocycles. The minimum atomic E-state index is -0.393. The Labute approximate surface area is 386 Å². The molecule has 2 heterocycles. The van der Waals surface area contributed by atoms with Crippen LogP contribution < -0.4 is 0 Å². The zero-order valence-electron chi connectivity index (χ0n) is 38.3. The number of rotatable bonds is 9. The lowest BCUT2D eigenvalue weighted by molar-refractivity contribution is -0.226. The van der Waals surface area contributed by atoms with Crippen molar-refractivity contribution in [2.24, 2.45) is 34.0 Å². The average Bonchev–Trinajstić information content (AvgIpc) is 3.94. The monoisotopic (exact) mass is 948 g/mol. The molecule has 7 saturated carbocycles. The number of methoxy groups -OCH3 is 2. The molecule has 2 aliphatic heterocycles. The van der Waals surface area contributed by atoms with E-state index in [1.54, 1.807) is 0 Å². The topological polar surface area (TPSA) is 93.2 Å². The number of halogens is 3. The lowest BCUT2D eigenvalue weighted by Crippen LogP contribution is -2.77. The van der Waals surface area contributed by atoms with Crippen molar-refractivity contribution in [3.63, 3.8) is 0 Å². The maximum Gasteiger partial charge on any atom is 0.312 e. The molecule has 4 atom stereocenters. The molecule has 8 nitrogen and oxygen atoms in total. The van der Waals surface area contributed by atoms with E-state index in [9.17, 15) is 19.2 Å². The molecule has 4 bridgehead atoms. The molecule has 0 spiro atoms. The Balaban J connectivity index is 0.000000174. The van der Waals surface area contributed by atoms with Gasteiger partial charge < -0.3 is 19.3 Å². The predicted octanol–water partition coefficient (Wildman–Crippen LogP) is 11.8. The summed E-state index contributed by atoms with van der Waals surface area (Å²) in [6.07, 6.45) is 10.5. The summed E-state index contributed by atoms with van der Waals surface area (Å²) >= 11 is 16.7. The predicted molar refractivity (Wildman–Crippen MR) is 246 cm³/mol. The molecule has 0 unspecified atom stereocenters. The third kappa shape index (κ3) is 6.86. The van der Waals surface area contributed by atoms with Gasteiger partial charge in [0.2, 0.25) is 11.8 Å². The summed E-state index contributed by atoms with van der Waals surface area (Å²) in [7, 11) is 2.89. The van der Waals surface area contributed by atoms with Crippen molar-refractivity contribution in [3.8, 4) is 0 Å². The SMILES string of the molecule is COC(=O)C12CC(N3C=C(C(C)C)[C@](C)(c4ccc(Br)c(Cl)c4)CC3=O)(C1)C2.COC(=O)C12CC(N3C=C(C(C)C)[C@](C)(c4ccc([C@@H]5C[C@H]5C(C)(C)C)c(Cl)c4)CC3=O)(C1)C2. The van der Waals surface area contributed by atoms with Crippen LogP contribution in [-0.4, -0.2) is 58.9 Å². The number of hydrogen-bond acceptors (Lipinski definition) is 6. The summed E-state index contributed by atoms with van der Waals surface area (Å²) in [5.41, 5.74) is 4.27. The number of carbonyl (C=O) groups is 4. The van der Waals surface area contributed by atoms with Crippen LogP contribution in [0.25, 0.3) is 0 Å². The van der Waals surface area contributed by atoms with E-state index >= 15 is 0 Å². The lowest BCUT2D eigenvalue weighted by Gasteiger charge is -2.71.